The summed E-state index contributed by atoms with van der Waals surface area (Å²) in [5.74, 6) is 0. The molecule has 0 aliphatic carbocycles. The smallest absolute Gasteiger partial charge is 0.137 e. The molecule has 0 unspecified atom stereocenters. The second-order valence-electron chi connectivity index (χ2n) is 7.28. The van der Waals surface area contributed by atoms with Crippen molar-refractivity contribution in [1.29, 1.82) is 5.26 Å². The van der Waals surface area contributed by atoms with E-state index in [9.17, 15) is 0 Å². The molecular formula is C25H29N5S. The third-order valence-corrected chi connectivity index (χ3v) is 6.19. The van der Waals surface area contributed by atoms with E-state index in [1.807, 2.05) is 25.4 Å². The van der Waals surface area contributed by atoms with Crippen molar-refractivity contribution in [1.82, 2.24) is 19.8 Å². The van der Waals surface area contributed by atoms with E-state index in [1.165, 1.54) is 20.9 Å². The molecule has 31 heavy (non-hydrogen) atoms. The van der Waals surface area contributed by atoms with E-state index < -0.39 is 0 Å². The second kappa shape index (κ2) is 10.6. The molecule has 0 spiro atoms. The molecule has 0 saturated heterocycles. The van der Waals surface area contributed by atoms with Crippen LogP contribution in [0.2, 0.25) is 0 Å². The van der Waals surface area contributed by atoms with Gasteiger partial charge < -0.3 is 14.8 Å². The van der Waals surface area contributed by atoms with Crippen LogP contribution in [0.4, 0.5) is 0 Å². The lowest BCUT2D eigenvalue weighted by Crippen LogP contribution is -2.25. The molecule has 4 heterocycles. The maximum Gasteiger partial charge on any atom is 0.137 e. The van der Waals surface area contributed by atoms with Gasteiger partial charge in [-0.15, -0.1) is 11.3 Å². The highest BCUT2D eigenvalue weighted by Crippen LogP contribution is 2.35. The number of pyridine rings is 1. The highest BCUT2D eigenvalue weighted by Gasteiger charge is 2.14. The van der Waals surface area contributed by atoms with E-state index in [1.54, 1.807) is 11.3 Å². The highest BCUT2D eigenvalue weighted by molar-refractivity contribution is 7.16. The quantitative estimate of drug-likeness (QED) is 0.529. The van der Waals surface area contributed by atoms with Gasteiger partial charge >= 0.3 is 0 Å². The van der Waals surface area contributed by atoms with Gasteiger partial charge in [-0.25, -0.2) is 4.98 Å². The van der Waals surface area contributed by atoms with Crippen molar-refractivity contribution in [2.75, 3.05) is 26.7 Å². The van der Waals surface area contributed by atoms with Crippen molar-refractivity contribution in [3.8, 4) is 16.5 Å². The van der Waals surface area contributed by atoms with Gasteiger partial charge in [0, 0.05) is 73.2 Å². The standard InChI is InChI=1S/C22H24N4S.C3H5N/c1-4-26(15-17-6-5-13-25(3)14-17)16(2)20-7-8-21(27-20)18-9-11-23-22-19(18)10-12-24-22;1-2-3-4/h5-12,14H,2,4,13,15H2,1,3H3,(H,23,24);2H2,1H3. The van der Waals surface area contributed by atoms with Gasteiger partial charge in [0.15, 0.2) is 0 Å². The number of hydrogen-bond acceptors (Lipinski definition) is 5. The zero-order chi connectivity index (χ0) is 22.2. The van der Waals surface area contributed by atoms with Crippen LogP contribution < -0.4 is 0 Å². The average molecular weight is 432 g/mol. The minimum Gasteiger partial charge on any atom is -0.376 e. The van der Waals surface area contributed by atoms with Crippen molar-refractivity contribution >= 4 is 28.1 Å². The summed E-state index contributed by atoms with van der Waals surface area (Å²) in [6.07, 6.45) is 11.1. The minimum atomic E-state index is 0.625. The van der Waals surface area contributed by atoms with Gasteiger partial charge in [-0.3, -0.25) is 0 Å². The van der Waals surface area contributed by atoms with E-state index in [-0.39, 0.29) is 0 Å². The summed E-state index contributed by atoms with van der Waals surface area (Å²) in [4.78, 5) is 14.6. The molecular weight excluding hydrogens is 402 g/mol. The monoisotopic (exact) mass is 431 g/mol. The van der Waals surface area contributed by atoms with Crippen molar-refractivity contribution in [2.24, 2.45) is 0 Å². The molecule has 1 aliphatic rings. The summed E-state index contributed by atoms with van der Waals surface area (Å²) in [5, 5.41) is 8.78. The third-order valence-electron chi connectivity index (χ3n) is 5.02. The first-order valence-electron chi connectivity index (χ1n) is 10.5. The second-order valence-corrected chi connectivity index (χ2v) is 8.36. The Labute approximate surface area is 188 Å². The summed E-state index contributed by atoms with van der Waals surface area (Å²) < 4.78 is 0. The highest BCUT2D eigenvalue weighted by atomic mass is 32.1. The number of fused-ring (bicyclic) bond motifs is 1. The van der Waals surface area contributed by atoms with Crippen molar-refractivity contribution in [3.05, 3.63) is 72.0 Å². The molecule has 0 fully saturated rings. The summed E-state index contributed by atoms with van der Waals surface area (Å²) in [6.45, 7) is 11.2. The number of rotatable bonds is 6. The topological polar surface area (TPSA) is 59.0 Å². The maximum absolute atomic E-state index is 7.62. The molecule has 0 aromatic carbocycles. The zero-order valence-electron chi connectivity index (χ0n) is 18.4. The summed E-state index contributed by atoms with van der Waals surface area (Å²) in [6, 6.07) is 10.5. The number of nitrogens with zero attached hydrogens (tertiary/aromatic N) is 4. The van der Waals surface area contributed by atoms with Crippen LogP contribution in [-0.4, -0.2) is 46.4 Å². The fourth-order valence-electron chi connectivity index (χ4n) is 3.43. The Morgan fingerprint density at radius 2 is 2.13 bits per heavy atom. The maximum atomic E-state index is 7.62. The van der Waals surface area contributed by atoms with Crippen molar-refractivity contribution < 1.29 is 0 Å². The molecule has 160 valence electrons. The van der Waals surface area contributed by atoms with Crippen LogP contribution in [0.3, 0.4) is 0 Å². The molecule has 0 radical (unpaired) electrons. The Kier molecular flexibility index (Phi) is 7.69. The van der Waals surface area contributed by atoms with Crippen LogP contribution in [0, 0.1) is 11.3 Å². The number of nitrogens with one attached hydrogen (secondary N) is 1. The van der Waals surface area contributed by atoms with Crippen LogP contribution in [0.25, 0.3) is 27.2 Å². The normalized spacial score (nSPS) is 12.7. The lowest BCUT2D eigenvalue weighted by molar-refractivity contribution is 0.442. The lowest BCUT2D eigenvalue weighted by atomic mass is 10.1. The first-order chi connectivity index (χ1) is 15.1. The molecule has 6 heteroatoms. The van der Waals surface area contributed by atoms with Crippen LogP contribution in [-0.2, 0) is 0 Å². The van der Waals surface area contributed by atoms with Gasteiger partial charge in [0.2, 0.25) is 0 Å². The molecule has 0 atom stereocenters. The number of thiophene rings is 1. The van der Waals surface area contributed by atoms with Crippen LogP contribution >= 0.6 is 11.3 Å². The fourth-order valence-corrected chi connectivity index (χ4v) is 4.47. The van der Waals surface area contributed by atoms with Crippen molar-refractivity contribution in [2.45, 2.75) is 20.3 Å². The van der Waals surface area contributed by atoms with Crippen LogP contribution in [0.1, 0.15) is 25.1 Å². The van der Waals surface area contributed by atoms with Gasteiger partial charge in [-0.05, 0) is 36.8 Å². The van der Waals surface area contributed by atoms with E-state index in [0.717, 1.165) is 36.4 Å². The molecule has 0 amide bonds. The van der Waals surface area contributed by atoms with Crippen LogP contribution in [0.5, 0.6) is 0 Å². The first-order valence-corrected chi connectivity index (χ1v) is 11.3. The summed E-state index contributed by atoms with van der Waals surface area (Å²) >= 11 is 1.79. The number of H-pyrrole nitrogens is 1. The fraction of sp³-hybridized carbons (Fsp3) is 0.280. The van der Waals surface area contributed by atoms with E-state index in [2.05, 4.69) is 82.9 Å². The van der Waals surface area contributed by atoms with Gasteiger partial charge in [-0.2, -0.15) is 5.26 Å². The number of hydrogen-bond donors (Lipinski definition) is 1. The summed E-state index contributed by atoms with van der Waals surface area (Å²) in [5.41, 5.74) is 4.53. The predicted molar refractivity (Wildman–Crippen MR) is 131 cm³/mol. The largest absolute Gasteiger partial charge is 0.376 e. The third kappa shape index (κ3) is 5.44. The van der Waals surface area contributed by atoms with Crippen molar-refractivity contribution in [3.63, 3.8) is 0 Å². The number of likely N-dealkylation sites (N-methyl/N-ethyl adjacent to an activating group) is 2. The Hall–Kier alpha value is -3.30. The molecule has 0 bridgehead atoms. The Bertz CT molecular complexity index is 1130. The Morgan fingerprint density at radius 1 is 1.32 bits per heavy atom. The molecule has 1 aliphatic heterocycles. The Balaban J connectivity index is 0.000000628. The first kappa shape index (κ1) is 22.4. The van der Waals surface area contributed by atoms with E-state index in [0.29, 0.717) is 6.42 Å². The minimum absolute atomic E-state index is 0.625. The van der Waals surface area contributed by atoms with Gasteiger partial charge in [0.05, 0.1) is 10.9 Å². The predicted octanol–water partition coefficient (Wildman–Crippen LogP) is 5.89. The van der Waals surface area contributed by atoms with E-state index >= 15 is 0 Å². The molecule has 5 nitrogen and oxygen atoms in total. The number of aromatic nitrogens is 2. The average Bonchev–Trinajstić information content (AvgIpc) is 3.47. The molecule has 3 aromatic heterocycles. The van der Waals surface area contributed by atoms with Crippen LogP contribution in [0.15, 0.2) is 67.2 Å². The summed E-state index contributed by atoms with van der Waals surface area (Å²) in [7, 11) is 2.11. The molecule has 1 N–H and O–H groups in total. The number of nitriles is 1. The number of aromatic amines is 1. The molecule has 3 aromatic rings. The molecule has 0 saturated carbocycles. The van der Waals surface area contributed by atoms with Gasteiger partial charge in [0.25, 0.3) is 0 Å². The van der Waals surface area contributed by atoms with Gasteiger partial charge in [0.1, 0.15) is 5.65 Å². The van der Waals surface area contributed by atoms with Gasteiger partial charge in [-0.1, -0.05) is 25.7 Å². The molecule has 4 rings (SSSR count). The Morgan fingerprint density at radius 3 is 2.84 bits per heavy atom. The van der Waals surface area contributed by atoms with E-state index in [4.69, 9.17) is 5.26 Å². The zero-order valence-corrected chi connectivity index (χ0v) is 19.2. The SMILES string of the molecule is C=C(c1ccc(-c2ccnc3[nH]ccc23)s1)N(CC)CC1=CN(C)CC=C1.CCC#N. The lowest BCUT2D eigenvalue weighted by Gasteiger charge is -2.27.